The molecule has 6 heteroatoms. The van der Waals surface area contributed by atoms with Gasteiger partial charge in [0.2, 0.25) is 0 Å². The van der Waals surface area contributed by atoms with E-state index in [1.165, 1.54) is 4.88 Å². The number of carbonyl (C=O) groups excluding carboxylic acids is 1. The van der Waals surface area contributed by atoms with Crippen LogP contribution in [0, 0.1) is 0 Å². The molecule has 4 nitrogen and oxygen atoms in total. The molecule has 1 N–H and O–H groups in total. The first-order valence-electron chi connectivity index (χ1n) is 7.62. The number of rotatable bonds is 3. The number of urea groups is 1. The van der Waals surface area contributed by atoms with Crippen LogP contribution in [0.5, 0.6) is 5.75 Å². The van der Waals surface area contributed by atoms with Gasteiger partial charge in [-0.2, -0.15) is 11.8 Å². The fourth-order valence-electron chi connectivity index (χ4n) is 2.62. The van der Waals surface area contributed by atoms with E-state index in [4.69, 9.17) is 4.74 Å². The van der Waals surface area contributed by atoms with Crippen LogP contribution in [0.1, 0.15) is 16.5 Å². The molecule has 1 atom stereocenters. The molecule has 122 valence electrons. The Hall–Kier alpha value is -1.66. The normalized spacial score (nSPS) is 18.3. The van der Waals surface area contributed by atoms with Crippen LogP contribution >= 0.6 is 23.1 Å². The molecule has 1 aliphatic rings. The summed E-state index contributed by atoms with van der Waals surface area (Å²) in [6.07, 6.45) is 0.991. The molecule has 1 aliphatic heterocycles. The number of hydrogen-bond acceptors (Lipinski definition) is 4. The molecule has 1 unspecified atom stereocenters. The quantitative estimate of drug-likeness (QED) is 0.890. The summed E-state index contributed by atoms with van der Waals surface area (Å²) in [7, 11) is 1.61. The molecule has 1 aromatic heterocycles. The summed E-state index contributed by atoms with van der Waals surface area (Å²) in [6, 6.07) is 11.7. The van der Waals surface area contributed by atoms with Crippen molar-refractivity contribution in [3.8, 4) is 5.75 Å². The summed E-state index contributed by atoms with van der Waals surface area (Å²) in [5.41, 5.74) is 0.715. The number of methoxy groups -OCH3 is 1. The lowest BCUT2D eigenvalue weighted by molar-refractivity contribution is 0.215. The second-order valence-corrected chi connectivity index (χ2v) is 7.57. The van der Waals surface area contributed by atoms with E-state index in [1.54, 1.807) is 18.4 Å². The maximum Gasteiger partial charge on any atom is 0.321 e. The number of amides is 2. The van der Waals surface area contributed by atoms with Gasteiger partial charge in [-0.15, -0.1) is 11.3 Å². The largest absolute Gasteiger partial charge is 0.495 e. The van der Waals surface area contributed by atoms with E-state index < -0.39 is 0 Å². The fourth-order valence-corrected chi connectivity index (χ4v) is 4.85. The molecule has 2 aromatic rings. The van der Waals surface area contributed by atoms with Crippen molar-refractivity contribution >= 4 is 34.8 Å². The van der Waals surface area contributed by atoms with Crippen LogP contribution < -0.4 is 10.1 Å². The van der Waals surface area contributed by atoms with Crippen LogP contribution in [0.4, 0.5) is 10.5 Å². The van der Waals surface area contributed by atoms with Gasteiger partial charge < -0.3 is 15.0 Å². The van der Waals surface area contributed by atoms with Crippen molar-refractivity contribution in [2.24, 2.45) is 0 Å². The molecular weight excluding hydrogens is 328 g/mol. The third-order valence-electron chi connectivity index (χ3n) is 3.84. The molecule has 23 heavy (non-hydrogen) atoms. The zero-order valence-electron chi connectivity index (χ0n) is 13.0. The molecule has 3 rings (SSSR count). The van der Waals surface area contributed by atoms with Gasteiger partial charge in [0.25, 0.3) is 0 Å². The van der Waals surface area contributed by atoms with Gasteiger partial charge in [-0.1, -0.05) is 18.2 Å². The monoisotopic (exact) mass is 348 g/mol. The highest BCUT2D eigenvalue weighted by Gasteiger charge is 2.23. The third kappa shape index (κ3) is 4.00. The van der Waals surface area contributed by atoms with Crippen molar-refractivity contribution in [1.29, 1.82) is 0 Å². The maximum absolute atomic E-state index is 12.5. The number of nitrogens with zero attached hydrogens (tertiary/aromatic N) is 1. The molecule has 2 heterocycles. The summed E-state index contributed by atoms with van der Waals surface area (Å²) in [5, 5.41) is 5.58. The number of para-hydroxylation sites is 2. The molecule has 0 saturated carbocycles. The van der Waals surface area contributed by atoms with Gasteiger partial charge in [-0.05, 0) is 30.0 Å². The van der Waals surface area contributed by atoms with Crippen LogP contribution in [0.25, 0.3) is 0 Å². The van der Waals surface area contributed by atoms with Crippen LogP contribution in [0.2, 0.25) is 0 Å². The Morgan fingerprint density at radius 2 is 2.13 bits per heavy atom. The van der Waals surface area contributed by atoms with Crippen molar-refractivity contribution in [3.63, 3.8) is 0 Å². The topological polar surface area (TPSA) is 41.6 Å². The van der Waals surface area contributed by atoms with E-state index in [-0.39, 0.29) is 6.03 Å². The SMILES string of the molecule is COc1ccccc1NC(=O)N1CCSC(c2cccs2)CC1. The van der Waals surface area contributed by atoms with Gasteiger partial charge in [0, 0.05) is 29.0 Å². The highest BCUT2D eigenvalue weighted by atomic mass is 32.2. The van der Waals surface area contributed by atoms with E-state index in [0.29, 0.717) is 16.7 Å². The smallest absolute Gasteiger partial charge is 0.321 e. The fraction of sp³-hybridized carbons (Fsp3) is 0.353. The lowest BCUT2D eigenvalue weighted by Crippen LogP contribution is -2.36. The Kier molecular flexibility index (Phi) is 5.46. The van der Waals surface area contributed by atoms with Crippen LogP contribution in [-0.2, 0) is 0 Å². The van der Waals surface area contributed by atoms with E-state index in [2.05, 4.69) is 22.8 Å². The Morgan fingerprint density at radius 3 is 2.91 bits per heavy atom. The van der Waals surface area contributed by atoms with Crippen molar-refractivity contribution in [2.45, 2.75) is 11.7 Å². The van der Waals surface area contributed by atoms with Gasteiger partial charge >= 0.3 is 6.03 Å². The minimum absolute atomic E-state index is 0.0538. The molecule has 2 amide bonds. The summed E-state index contributed by atoms with van der Waals surface area (Å²) in [5.74, 6) is 1.64. The first kappa shape index (κ1) is 16.2. The number of benzene rings is 1. The number of thioether (sulfide) groups is 1. The Morgan fingerprint density at radius 1 is 1.26 bits per heavy atom. The zero-order chi connectivity index (χ0) is 16.1. The second kappa shape index (κ2) is 7.75. The molecular formula is C17H20N2O2S2. The van der Waals surface area contributed by atoms with E-state index in [1.807, 2.05) is 40.9 Å². The van der Waals surface area contributed by atoms with E-state index >= 15 is 0 Å². The minimum Gasteiger partial charge on any atom is -0.495 e. The molecule has 0 radical (unpaired) electrons. The number of hydrogen-bond donors (Lipinski definition) is 1. The van der Waals surface area contributed by atoms with Crippen molar-refractivity contribution in [3.05, 3.63) is 46.7 Å². The van der Waals surface area contributed by atoms with Gasteiger partial charge in [0.05, 0.1) is 12.8 Å². The minimum atomic E-state index is -0.0538. The van der Waals surface area contributed by atoms with E-state index in [0.717, 1.165) is 25.3 Å². The molecule has 1 fully saturated rings. The first-order valence-corrected chi connectivity index (χ1v) is 9.54. The molecule has 0 bridgehead atoms. The number of nitrogens with one attached hydrogen (secondary N) is 1. The standard InChI is InChI=1S/C17H20N2O2S2/c1-21-14-6-3-2-5-13(14)18-17(20)19-9-8-16(23-12-10-19)15-7-4-11-22-15/h2-7,11,16H,8-10,12H2,1H3,(H,18,20). The first-order chi connectivity index (χ1) is 11.3. The third-order valence-corrected chi connectivity index (χ3v) is 6.28. The Balaban J connectivity index is 1.62. The summed E-state index contributed by atoms with van der Waals surface area (Å²) in [6.45, 7) is 1.55. The summed E-state index contributed by atoms with van der Waals surface area (Å²) >= 11 is 3.74. The van der Waals surface area contributed by atoms with Crippen molar-refractivity contribution < 1.29 is 9.53 Å². The Bertz CT molecular complexity index is 646. The Labute approximate surface area is 144 Å². The molecule has 1 saturated heterocycles. The molecule has 0 aliphatic carbocycles. The number of carbonyl (C=O) groups is 1. The van der Waals surface area contributed by atoms with Gasteiger partial charge in [-0.25, -0.2) is 4.79 Å². The van der Waals surface area contributed by atoms with Crippen molar-refractivity contribution in [2.75, 3.05) is 31.3 Å². The van der Waals surface area contributed by atoms with Gasteiger partial charge in [0.1, 0.15) is 5.75 Å². The summed E-state index contributed by atoms with van der Waals surface area (Å²) < 4.78 is 5.29. The van der Waals surface area contributed by atoms with Crippen LogP contribution in [0.3, 0.4) is 0 Å². The average Bonchev–Trinajstić information content (AvgIpc) is 3.00. The average molecular weight is 348 g/mol. The predicted molar refractivity (Wildman–Crippen MR) is 97.7 cm³/mol. The lowest BCUT2D eigenvalue weighted by Gasteiger charge is -2.21. The second-order valence-electron chi connectivity index (χ2n) is 5.28. The molecule has 1 aromatic carbocycles. The van der Waals surface area contributed by atoms with Crippen LogP contribution in [0.15, 0.2) is 41.8 Å². The van der Waals surface area contributed by atoms with Crippen molar-refractivity contribution in [1.82, 2.24) is 4.90 Å². The lowest BCUT2D eigenvalue weighted by atomic mass is 10.2. The number of anilines is 1. The van der Waals surface area contributed by atoms with Gasteiger partial charge in [0.15, 0.2) is 0 Å². The maximum atomic E-state index is 12.5. The highest BCUT2D eigenvalue weighted by molar-refractivity contribution is 7.99. The van der Waals surface area contributed by atoms with E-state index in [9.17, 15) is 4.79 Å². The zero-order valence-corrected chi connectivity index (χ0v) is 14.7. The van der Waals surface area contributed by atoms with Gasteiger partial charge in [-0.3, -0.25) is 0 Å². The van der Waals surface area contributed by atoms with Crippen LogP contribution in [-0.4, -0.2) is 36.9 Å². The number of ether oxygens (including phenoxy) is 1. The molecule has 0 spiro atoms. The predicted octanol–water partition coefficient (Wildman–Crippen LogP) is 4.47. The highest BCUT2D eigenvalue weighted by Crippen LogP contribution is 2.36. The summed E-state index contributed by atoms with van der Waals surface area (Å²) in [4.78, 5) is 15.8. The number of thiophene rings is 1.